The summed E-state index contributed by atoms with van der Waals surface area (Å²) in [4.78, 5) is 26.5. The van der Waals surface area contributed by atoms with Gasteiger partial charge in [0.25, 0.3) is 5.91 Å². The Balaban J connectivity index is 2.10. The summed E-state index contributed by atoms with van der Waals surface area (Å²) in [5, 5.41) is 15.1. The van der Waals surface area contributed by atoms with Crippen molar-refractivity contribution in [3.8, 4) is 0 Å². The molecule has 0 bridgehead atoms. The van der Waals surface area contributed by atoms with E-state index in [1.54, 1.807) is 13.0 Å². The second-order valence-corrected chi connectivity index (χ2v) is 4.25. The lowest BCUT2D eigenvalue weighted by molar-refractivity contribution is -0.131. The minimum absolute atomic E-state index is 0.223. The number of hydrogen-bond acceptors (Lipinski definition) is 5. The molecule has 7 nitrogen and oxygen atoms in total. The van der Waals surface area contributed by atoms with E-state index < -0.39 is 5.97 Å². The lowest BCUT2D eigenvalue weighted by Gasteiger charge is -2.05. The fourth-order valence-electron chi connectivity index (χ4n) is 1.67. The molecular formula is C14H13N3O4. The Hall–Kier alpha value is -2.96. The topological polar surface area (TPSA) is 105 Å². The van der Waals surface area contributed by atoms with Gasteiger partial charge in [-0.3, -0.25) is 9.78 Å². The van der Waals surface area contributed by atoms with E-state index in [1.807, 2.05) is 0 Å². The normalized spacial score (nSPS) is 10.7. The number of amides is 1. The molecular weight excluding hydrogens is 274 g/mol. The summed E-state index contributed by atoms with van der Waals surface area (Å²) in [6.07, 6.45) is 5.17. The number of rotatable bonds is 5. The average molecular weight is 287 g/mol. The molecule has 2 heterocycles. The van der Waals surface area contributed by atoms with Crippen LogP contribution in [-0.4, -0.2) is 27.1 Å². The molecule has 0 atom stereocenters. The molecule has 0 unspecified atom stereocenters. The third-order valence-corrected chi connectivity index (χ3v) is 2.61. The first-order valence-corrected chi connectivity index (χ1v) is 6.11. The monoisotopic (exact) mass is 287 g/mol. The van der Waals surface area contributed by atoms with Gasteiger partial charge < -0.3 is 14.9 Å². The zero-order valence-corrected chi connectivity index (χ0v) is 11.2. The van der Waals surface area contributed by atoms with E-state index in [-0.39, 0.29) is 12.5 Å². The average Bonchev–Trinajstić information content (AvgIpc) is 2.88. The Morgan fingerprint density at radius 2 is 2.29 bits per heavy atom. The van der Waals surface area contributed by atoms with Crippen molar-refractivity contribution in [2.24, 2.45) is 0 Å². The van der Waals surface area contributed by atoms with Gasteiger partial charge in [0.05, 0.1) is 6.54 Å². The van der Waals surface area contributed by atoms with Crippen LogP contribution in [0.5, 0.6) is 0 Å². The number of aromatic nitrogens is 2. The van der Waals surface area contributed by atoms with Crippen LogP contribution in [0.25, 0.3) is 6.08 Å². The first kappa shape index (κ1) is 14.4. The Kier molecular flexibility index (Phi) is 4.45. The molecule has 7 heteroatoms. The fourth-order valence-corrected chi connectivity index (χ4v) is 1.67. The molecule has 2 rings (SSSR count). The number of carboxylic acids is 1. The van der Waals surface area contributed by atoms with Crippen molar-refractivity contribution in [2.75, 3.05) is 0 Å². The zero-order chi connectivity index (χ0) is 15.2. The maximum atomic E-state index is 12.1. The number of carbonyl (C=O) groups is 2. The van der Waals surface area contributed by atoms with Crippen LogP contribution < -0.4 is 5.32 Å². The highest BCUT2D eigenvalue weighted by molar-refractivity contribution is 5.98. The van der Waals surface area contributed by atoms with Crippen molar-refractivity contribution < 1.29 is 19.2 Å². The summed E-state index contributed by atoms with van der Waals surface area (Å²) in [5.74, 6) is -0.778. The molecule has 2 aromatic rings. The van der Waals surface area contributed by atoms with Gasteiger partial charge in [0.2, 0.25) is 0 Å². The van der Waals surface area contributed by atoms with Crippen molar-refractivity contribution in [2.45, 2.75) is 13.5 Å². The zero-order valence-electron chi connectivity index (χ0n) is 11.2. The highest BCUT2D eigenvalue weighted by Gasteiger charge is 2.10. The van der Waals surface area contributed by atoms with E-state index in [1.165, 1.54) is 24.5 Å². The number of nitrogens with one attached hydrogen (secondary N) is 1. The molecule has 108 valence electrons. The molecule has 2 N–H and O–H groups in total. The molecule has 0 saturated heterocycles. The smallest absolute Gasteiger partial charge is 0.328 e. The van der Waals surface area contributed by atoms with E-state index >= 15 is 0 Å². The molecule has 1 amide bonds. The summed E-state index contributed by atoms with van der Waals surface area (Å²) in [7, 11) is 0. The molecule has 0 aliphatic rings. The van der Waals surface area contributed by atoms with Crippen LogP contribution >= 0.6 is 0 Å². The van der Waals surface area contributed by atoms with Gasteiger partial charge >= 0.3 is 5.97 Å². The number of hydrogen-bond donors (Lipinski definition) is 2. The Labute approximate surface area is 120 Å². The van der Waals surface area contributed by atoms with Crippen LogP contribution in [0, 0.1) is 6.92 Å². The largest absolute Gasteiger partial charge is 0.478 e. The molecule has 0 saturated carbocycles. The van der Waals surface area contributed by atoms with Crippen molar-refractivity contribution in [1.82, 2.24) is 15.5 Å². The van der Waals surface area contributed by atoms with Crippen LogP contribution in [0.1, 0.15) is 27.4 Å². The van der Waals surface area contributed by atoms with Crippen LogP contribution in [0.15, 0.2) is 35.1 Å². The predicted octanol–water partition coefficient (Wildman–Crippen LogP) is 1.41. The van der Waals surface area contributed by atoms with Crippen molar-refractivity contribution in [3.05, 3.63) is 53.2 Å². The van der Waals surface area contributed by atoms with Gasteiger partial charge in [0, 0.05) is 35.7 Å². The van der Waals surface area contributed by atoms with Crippen LogP contribution in [0.4, 0.5) is 0 Å². The summed E-state index contributed by atoms with van der Waals surface area (Å²) in [5.41, 5.74) is 1.37. The van der Waals surface area contributed by atoms with Gasteiger partial charge in [-0.25, -0.2) is 4.79 Å². The highest BCUT2D eigenvalue weighted by atomic mass is 16.5. The molecule has 0 aromatic carbocycles. The van der Waals surface area contributed by atoms with E-state index in [0.29, 0.717) is 22.6 Å². The van der Waals surface area contributed by atoms with E-state index in [9.17, 15) is 9.59 Å². The SMILES string of the molecule is Cc1cc(CNC(=O)c2ccncc2C=CC(=O)O)no1. The summed E-state index contributed by atoms with van der Waals surface area (Å²) in [6, 6.07) is 3.24. The van der Waals surface area contributed by atoms with Gasteiger partial charge in [-0.05, 0) is 19.1 Å². The maximum absolute atomic E-state index is 12.1. The third kappa shape index (κ3) is 4.00. The Morgan fingerprint density at radius 1 is 1.48 bits per heavy atom. The Bertz CT molecular complexity index is 691. The molecule has 0 spiro atoms. The van der Waals surface area contributed by atoms with Gasteiger partial charge in [-0.15, -0.1) is 0 Å². The summed E-state index contributed by atoms with van der Waals surface area (Å²) < 4.78 is 4.90. The van der Waals surface area contributed by atoms with E-state index in [2.05, 4.69) is 15.5 Å². The number of aryl methyl sites for hydroxylation is 1. The van der Waals surface area contributed by atoms with E-state index in [4.69, 9.17) is 9.63 Å². The fraction of sp³-hybridized carbons (Fsp3) is 0.143. The van der Waals surface area contributed by atoms with Crippen molar-refractivity contribution >= 4 is 18.0 Å². The summed E-state index contributed by atoms with van der Waals surface area (Å²) >= 11 is 0. The second-order valence-electron chi connectivity index (χ2n) is 4.25. The van der Waals surface area contributed by atoms with E-state index in [0.717, 1.165) is 6.08 Å². The van der Waals surface area contributed by atoms with Gasteiger partial charge in [0.15, 0.2) is 0 Å². The van der Waals surface area contributed by atoms with Gasteiger partial charge in [-0.2, -0.15) is 0 Å². The standard InChI is InChI=1S/C14H13N3O4/c1-9-6-11(17-21-9)8-16-14(20)12-4-5-15-7-10(12)2-3-13(18)19/h2-7H,8H2,1H3,(H,16,20)(H,18,19). The quantitative estimate of drug-likeness (QED) is 0.805. The van der Waals surface area contributed by atoms with Crippen LogP contribution in [-0.2, 0) is 11.3 Å². The first-order valence-electron chi connectivity index (χ1n) is 6.11. The second kappa shape index (κ2) is 6.47. The van der Waals surface area contributed by atoms with Crippen molar-refractivity contribution in [3.63, 3.8) is 0 Å². The minimum atomic E-state index is -1.09. The number of aliphatic carboxylic acids is 1. The molecule has 0 aliphatic carbocycles. The van der Waals surface area contributed by atoms with Crippen LogP contribution in [0.3, 0.4) is 0 Å². The maximum Gasteiger partial charge on any atom is 0.328 e. The lowest BCUT2D eigenvalue weighted by atomic mass is 10.1. The van der Waals surface area contributed by atoms with Crippen LogP contribution in [0.2, 0.25) is 0 Å². The van der Waals surface area contributed by atoms with Crippen molar-refractivity contribution in [1.29, 1.82) is 0 Å². The molecule has 0 fully saturated rings. The third-order valence-electron chi connectivity index (χ3n) is 2.61. The predicted molar refractivity (Wildman–Crippen MR) is 73.3 cm³/mol. The number of nitrogens with zero attached hydrogens (tertiary/aromatic N) is 2. The lowest BCUT2D eigenvalue weighted by Crippen LogP contribution is -2.23. The summed E-state index contributed by atoms with van der Waals surface area (Å²) in [6.45, 7) is 1.98. The minimum Gasteiger partial charge on any atom is -0.478 e. The number of carboxylic acid groups (broad SMARTS) is 1. The number of pyridine rings is 1. The molecule has 0 radical (unpaired) electrons. The molecule has 21 heavy (non-hydrogen) atoms. The highest BCUT2D eigenvalue weighted by Crippen LogP contribution is 2.10. The van der Waals surface area contributed by atoms with Gasteiger partial charge in [-0.1, -0.05) is 5.16 Å². The molecule has 2 aromatic heterocycles. The van der Waals surface area contributed by atoms with Gasteiger partial charge in [0.1, 0.15) is 11.5 Å². The first-order chi connectivity index (χ1) is 10.1. The molecule has 0 aliphatic heterocycles. The Morgan fingerprint density at radius 3 is 2.95 bits per heavy atom. The number of carbonyl (C=O) groups excluding carboxylic acids is 1.